The monoisotopic (exact) mass is 656 g/mol. The van der Waals surface area contributed by atoms with Gasteiger partial charge in [0.05, 0.1) is 37.4 Å². The van der Waals surface area contributed by atoms with Gasteiger partial charge in [-0.15, -0.1) is 0 Å². The molecule has 2 heterocycles. The molecular formula is C35H45ClN2O6S. The molecule has 2 aliphatic heterocycles. The number of methoxy groups -OCH3 is 1. The van der Waals surface area contributed by atoms with E-state index in [1.807, 2.05) is 32.0 Å². The van der Waals surface area contributed by atoms with Crippen LogP contribution in [0.2, 0.25) is 5.02 Å². The fourth-order valence-electron chi connectivity index (χ4n) is 7.60. The number of amides is 1. The first-order valence-corrected chi connectivity index (χ1v) is 18.2. The molecule has 1 spiro atoms. The largest absolute Gasteiger partial charge is 0.490 e. The predicted molar refractivity (Wildman–Crippen MR) is 177 cm³/mol. The maximum atomic E-state index is 13.4. The highest BCUT2D eigenvalue weighted by atomic mass is 35.5. The summed E-state index contributed by atoms with van der Waals surface area (Å²) in [6, 6.07) is 11.5. The van der Waals surface area contributed by atoms with Crippen molar-refractivity contribution in [1.82, 2.24) is 4.72 Å². The number of nitrogens with one attached hydrogen (secondary N) is 1. The van der Waals surface area contributed by atoms with Crippen molar-refractivity contribution < 1.29 is 27.4 Å². The Bertz CT molecular complexity index is 1550. The van der Waals surface area contributed by atoms with Gasteiger partial charge in [-0.25, -0.2) is 13.1 Å². The first kappa shape index (κ1) is 32.4. The molecule has 0 aromatic heterocycles. The zero-order valence-electron chi connectivity index (χ0n) is 26.5. The number of carbonyl (C=O) groups is 1. The molecule has 2 aromatic carbocycles. The predicted octanol–water partition coefficient (Wildman–Crippen LogP) is 5.77. The minimum Gasteiger partial charge on any atom is -0.490 e. The van der Waals surface area contributed by atoms with Gasteiger partial charge in [0.25, 0.3) is 5.91 Å². The maximum absolute atomic E-state index is 13.4. The first-order valence-electron chi connectivity index (χ1n) is 16.2. The fraction of sp³-hybridized carbons (Fsp3) is 0.571. The molecule has 0 radical (unpaired) electrons. The van der Waals surface area contributed by atoms with Crippen LogP contribution < -0.4 is 14.4 Å². The zero-order valence-corrected chi connectivity index (χ0v) is 28.0. The van der Waals surface area contributed by atoms with Crippen molar-refractivity contribution >= 4 is 33.2 Å². The van der Waals surface area contributed by atoms with E-state index in [0.29, 0.717) is 43.0 Å². The van der Waals surface area contributed by atoms with E-state index in [2.05, 4.69) is 33.9 Å². The summed E-state index contributed by atoms with van der Waals surface area (Å²) in [6.07, 6.45) is 9.25. The Balaban J connectivity index is 1.41. The van der Waals surface area contributed by atoms with Crippen molar-refractivity contribution in [3.05, 3.63) is 70.3 Å². The van der Waals surface area contributed by atoms with Crippen LogP contribution in [0, 0.1) is 23.7 Å². The molecule has 6 atom stereocenters. The number of sulfonamides is 1. The second-order valence-electron chi connectivity index (χ2n) is 13.6. The van der Waals surface area contributed by atoms with Crippen LogP contribution in [-0.4, -0.2) is 66.2 Å². The molecule has 6 rings (SSSR count). The van der Waals surface area contributed by atoms with E-state index in [4.69, 9.17) is 25.8 Å². The third-order valence-electron chi connectivity index (χ3n) is 10.5. The molecule has 45 heavy (non-hydrogen) atoms. The lowest BCUT2D eigenvalue weighted by molar-refractivity contribution is -0.0311. The van der Waals surface area contributed by atoms with Gasteiger partial charge in [-0.3, -0.25) is 4.79 Å². The van der Waals surface area contributed by atoms with Gasteiger partial charge in [-0.2, -0.15) is 0 Å². The highest BCUT2D eigenvalue weighted by Gasteiger charge is 2.44. The Kier molecular flexibility index (Phi) is 9.53. The van der Waals surface area contributed by atoms with E-state index in [0.717, 1.165) is 55.9 Å². The summed E-state index contributed by atoms with van der Waals surface area (Å²) in [5, 5.41) is 0.743. The van der Waals surface area contributed by atoms with Crippen LogP contribution in [-0.2, 0) is 31.3 Å². The van der Waals surface area contributed by atoms with E-state index in [9.17, 15) is 13.2 Å². The standard InChI is InChI=1S/C35H45ClN2O6S/c1-23-6-12-32(43-16-15-42-3)29-10-7-27(29)19-38-21-35(14-4-5-25-17-28(36)9-11-30(25)35)22-44-33-13-8-26(18-31(33)38)34(39)37-45(40,41)20-24(23)2/h6,8-9,11-13,17-18,23-24,27,29,32H,4-5,7,10,14-16,19-22H2,1-3H3,(H,37,39)/b12-6-/t23-,24+,27?,29-,32-,35+/m1/s1. The molecule has 0 saturated heterocycles. The molecule has 2 aliphatic carbocycles. The molecule has 2 bridgehead atoms. The van der Waals surface area contributed by atoms with Crippen molar-refractivity contribution in [2.24, 2.45) is 23.7 Å². The van der Waals surface area contributed by atoms with E-state index in [1.54, 1.807) is 13.2 Å². The summed E-state index contributed by atoms with van der Waals surface area (Å²) in [4.78, 5) is 15.8. The SMILES string of the molecule is COCCO[C@@H]1/C=C\[C@@H](C)[C@@H](C)CS(=O)(=O)NC(=O)c2ccc3c(c2)N(CC2CC[C@H]21)C[C@@]1(CCCc2cc(Cl)ccc21)CO3. The van der Waals surface area contributed by atoms with Gasteiger partial charge in [-0.1, -0.05) is 43.7 Å². The molecule has 10 heteroatoms. The van der Waals surface area contributed by atoms with Gasteiger partial charge >= 0.3 is 0 Å². The first-order chi connectivity index (χ1) is 21.6. The number of aryl methyl sites for hydroxylation is 1. The number of fused-ring (bicyclic) bond motifs is 4. The normalized spacial score (nSPS) is 31.9. The molecule has 4 aliphatic rings. The minimum atomic E-state index is -3.87. The summed E-state index contributed by atoms with van der Waals surface area (Å²) < 4.78 is 46.9. The molecule has 1 fully saturated rings. The van der Waals surface area contributed by atoms with Gasteiger partial charge in [0.2, 0.25) is 10.0 Å². The number of carbonyl (C=O) groups excluding carboxylic acids is 1. The fourth-order valence-corrected chi connectivity index (χ4v) is 9.27. The lowest BCUT2D eigenvalue weighted by Gasteiger charge is -2.46. The zero-order chi connectivity index (χ0) is 31.8. The van der Waals surface area contributed by atoms with Crippen LogP contribution in [0.1, 0.15) is 61.0 Å². The molecule has 1 unspecified atom stereocenters. The highest BCUT2D eigenvalue weighted by molar-refractivity contribution is 7.90. The molecule has 244 valence electrons. The Labute approximate surface area is 272 Å². The van der Waals surface area contributed by atoms with Crippen molar-refractivity contribution in [3.8, 4) is 5.75 Å². The average molecular weight is 657 g/mol. The van der Waals surface area contributed by atoms with Crippen LogP contribution in [0.15, 0.2) is 48.6 Å². The molecule has 1 saturated carbocycles. The number of benzene rings is 2. The number of allylic oxidation sites excluding steroid dienone is 1. The quantitative estimate of drug-likeness (QED) is 0.330. The van der Waals surface area contributed by atoms with Crippen LogP contribution in [0.5, 0.6) is 5.75 Å². The van der Waals surface area contributed by atoms with Gasteiger partial charge in [0.1, 0.15) is 5.75 Å². The Hall–Kier alpha value is -2.59. The molecule has 1 amide bonds. The number of ether oxygens (including phenoxy) is 3. The number of halogens is 1. The van der Waals surface area contributed by atoms with Crippen LogP contribution in [0.3, 0.4) is 0 Å². The number of anilines is 1. The third-order valence-corrected chi connectivity index (χ3v) is 12.2. The lowest BCUT2D eigenvalue weighted by atomic mass is 9.68. The number of rotatable bonds is 4. The highest BCUT2D eigenvalue weighted by Crippen LogP contribution is 2.47. The van der Waals surface area contributed by atoms with Gasteiger partial charge in [0, 0.05) is 36.2 Å². The summed E-state index contributed by atoms with van der Waals surface area (Å²) in [5.41, 5.74) is 3.42. The molecule has 1 N–H and O–H groups in total. The van der Waals surface area contributed by atoms with Crippen molar-refractivity contribution in [3.63, 3.8) is 0 Å². The third kappa shape index (κ3) is 6.92. The van der Waals surface area contributed by atoms with E-state index in [1.165, 1.54) is 11.1 Å². The van der Waals surface area contributed by atoms with Crippen LogP contribution >= 0.6 is 11.6 Å². The van der Waals surface area contributed by atoms with Gasteiger partial charge in [-0.05, 0) is 97.2 Å². The van der Waals surface area contributed by atoms with Crippen LogP contribution in [0.4, 0.5) is 5.69 Å². The molecule has 2 aromatic rings. The summed E-state index contributed by atoms with van der Waals surface area (Å²) >= 11 is 6.43. The summed E-state index contributed by atoms with van der Waals surface area (Å²) in [7, 11) is -2.19. The Morgan fingerprint density at radius 2 is 1.96 bits per heavy atom. The van der Waals surface area contributed by atoms with Crippen molar-refractivity contribution in [2.75, 3.05) is 50.7 Å². The second kappa shape index (κ2) is 13.3. The molecular weight excluding hydrogens is 612 g/mol. The number of nitrogens with zero attached hydrogens (tertiary/aromatic N) is 1. The van der Waals surface area contributed by atoms with Crippen molar-refractivity contribution in [1.29, 1.82) is 0 Å². The minimum absolute atomic E-state index is 0.0231. The molecule has 8 nitrogen and oxygen atoms in total. The van der Waals surface area contributed by atoms with Gasteiger partial charge < -0.3 is 19.1 Å². The van der Waals surface area contributed by atoms with Gasteiger partial charge in [0.15, 0.2) is 0 Å². The Morgan fingerprint density at radius 1 is 1.11 bits per heavy atom. The van der Waals surface area contributed by atoms with Crippen LogP contribution in [0.25, 0.3) is 0 Å². The summed E-state index contributed by atoms with van der Waals surface area (Å²) in [6.45, 7) is 6.94. The second-order valence-corrected chi connectivity index (χ2v) is 15.8. The number of hydrogen-bond donors (Lipinski definition) is 1. The summed E-state index contributed by atoms with van der Waals surface area (Å²) in [5.74, 6) is 0.394. The van der Waals surface area contributed by atoms with E-state index < -0.39 is 15.9 Å². The van der Waals surface area contributed by atoms with E-state index in [-0.39, 0.29) is 29.1 Å². The van der Waals surface area contributed by atoms with Crippen molar-refractivity contribution in [2.45, 2.75) is 57.5 Å². The average Bonchev–Trinajstić information content (AvgIpc) is 3.13. The maximum Gasteiger partial charge on any atom is 0.264 e. The van der Waals surface area contributed by atoms with E-state index >= 15 is 0 Å². The topological polar surface area (TPSA) is 94.2 Å². The smallest absolute Gasteiger partial charge is 0.264 e. The number of hydrogen-bond acceptors (Lipinski definition) is 7. The Morgan fingerprint density at radius 3 is 2.73 bits per heavy atom. The lowest BCUT2D eigenvalue weighted by Crippen LogP contribution is -2.49.